The highest BCUT2D eigenvalue weighted by molar-refractivity contribution is 7.07. The summed E-state index contributed by atoms with van der Waals surface area (Å²) in [5, 5.41) is 5.39. The van der Waals surface area contributed by atoms with Gasteiger partial charge in [0.25, 0.3) is 0 Å². The summed E-state index contributed by atoms with van der Waals surface area (Å²) < 4.78 is 11.3. The molecule has 4 nitrogen and oxygen atoms in total. The van der Waals surface area contributed by atoms with Crippen LogP contribution in [0.2, 0.25) is 0 Å². The van der Waals surface area contributed by atoms with E-state index in [0.717, 1.165) is 29.3 Å². The van der Waals surface area contributed by atoms with Crippen LogP contribution in [0.15, 0.2) is 29.1 Å². The molecule has 0 unspecified atom stereocenters. The van der Waals surface area contributed by atoms with Gasteiger partial charge in [0.15, 0.2) is 11.5 Å². The number of benzene rings is 1. The van der Waals surface area contributed by atoms with Gasteiger partial charge in [0, 0.05) is 23.5 Å². The molecule has 1 aromatic heterocycles. The highest BCUT2D eigenvalue weighted by Crippen LogP contribution is 2.31. The number of para-hydroxylation sites is 1. The molecule has 1 N–H and O–H groups in total. The number of hydrogen-bond donors (Lipinski definition) is 1. The lowest BCUT2D eigenvalue weighted by molar-refractivity contribution is 0.277. The highest BCUT2D eigenvalue weighted by Gasteiger charge is 2.11. The second-order valence-corrected chi connectivity index (χ2v) is 5.47. The molecule has 5 heteroatoms. The number of aromatic nitrogens is 1. The average Bonchev–Trinajstić information content (AvgIpc) is 2.96. The Morgan fingerprint density at radius 2 is 2.20 bits per heavy atom. The molecule has 0 fully saturated rings. The number of nitrogens with zero attached hydrogens (tertiary/aromatic N) is 1. The highest BCUT2D eigenvalue weighted by atomic mass is 32.1. The third-order valence-corrected chi connectivity index (χ3v) is 3.46. The van der Waals surface area contributed by atoms with Gasteiger partial charge in [-0.1, -0.05) is 26.0 Å². The quantitative estimate of drug-likeness (QED) is 0.851. The molecule has 0 aliphatic rings. The van der Waals surface area contributed by atoms with Crippen LogP contribution in [-0.2, 0) is 13.2 Å². The average molecular weight is 292 g/mol. The maximum Gasteiger partial charge on any atom is 0.166 e. The van der Waals surface area contributed by atoms with Crippen LogP contribution in [0, 0.1) is 0 Å². The minimum absolute atomic E-state index is 0.424. The Kier molecular flexibility index (Phi) is 5.38. The Morgan fingerprint density at radius 3 is 2.85 bits per heavy atom. The van der Waals surface area contributed by atoms with Gasteiger partial charge in [0.1, 0.15) is 6.61 Å². The number of thiazole rings is 1. The second kappa shape index (κ2) is 7.26. The minimum atomic E-state index is 0.424. The van der Waals surface area contributed by atoms with Crippen molar-refractivity contribution in [3.05, 3.63) is 40.3 Å². The molecule has 0 bridgehead atoms. The van der Waals surface area contributed by atoms with Crippen molar-refractivity contribution in [1.82, 2.24) is 10.3 Å². The Balaban J connectivity index is 2.14. The predicted octanol–water partition coefficient (Wildman–Crippen LogP) is 3.23. The monoisotopic (exact) mass is 292 g/mol. The zero-order valence-corrected chi connectivity index (χ0v) is 12.9. The molecule has 0 spiro atoms. The second-order valence-electron chi connectivity index (χ2n) is 4.75. The summed E-state index contributed by atoms with van der Waals surface area (Å²) >= 11 is 1.57. The van der Waals surface area contributed by atoms with Gasteiger partial charge < -0.3 is 14.8 Å². The van der Waals surface area contributed by atoms with Gasteiger partial charge in [-0.05, 0) is 6.07 Å². The van der Waals surface area contributed by atoms with Gasteiger partial charge >= 0.3 is 0 Å². The van der Waals surface area contributed by atoms with E-state index in [1.54, 1.807) is 18.4 Å². The van der Waals surface area contributed by atoms with Crippen LogP contribution in [0.4, 0.5) is 0 Å². The smallest absolute Gasteiger partial charge is 0.166 e. The largest absolute Gasteiger partial charge is 0.493 e. The fourth-order valence-electron chi connectivity index (χ4n) is 1.79. The molecule has 2 aromatic rings. The first-order valence-electron chi connectivity index (χ1n) is 6.60. The maximum absolute atomic E-state index is 5.92. The zero-order chi connectivity index (χ0) is 14.4. The number of hydrogen-bond acceptors (Lipinski definition) is 5. The van der Waals surface area contributed by atoms with Gasteiger partial charge in [0.2, 0.25) is 0 Å². The van der Waals surface area contributed by atoms with E-state index < -0.39 is 0 Å². The number of nitrogens with one attached hydrogen (secondary N) is 1. The number of methoxy groups -OCH3 is 1. The summed E-state index contributed by atoms with van der Waals surface area (Å²) in [6.07, 6.45) is 0. The van der Waals surface area contributed by atoms with E-state index in [0.29, 0.717) is 12.6 Å². The first-order chi connectivity index (χ1) is 9.70. The Morgan fingerprint density at radius 1 is 1.35 bits per heavy atom. The summed E-state index contributed by atoms with van der Waals surface area (Å²) in [5.41, 5.74) is 3.83. The van der Waals surface area contributed by atoms with E-state index in [4.69, 9.17) is 9.47 Å². The molecule has 0 saturated heterocycles. The summed E-state index contributed by atoms with van der Waals surface area (Å²) in [5.74, 6) is 1.54. The molecular weight excluding hydrogens is 272 g/mol. The topological polar surface area (TPSA) is 43.4 Å². The van der Waals surface area contributed by atoms with Crippen LogP contribution in [0.25, 0.3) is 0 Å². The third-order valence-electron chi connectivity index (χ3n) is 2.83. The standard InChI is InChI=1S/C15H20N2O2S/c1-11(2)16-7-12-5-4-6-14(18-3)15(12)19-8-13-9-20-10-17-13/h4-6,9-11,16H,7-8H2,1-3H3. The normalized spacial score (nSPS) is 10.8. The zero-order valence-electron chi connectivity index (χ0n) is 12.1. The molecule has 0 aliphatic carbocycles. The van der Waals surface area contributed by atoms with Gasteiger partial charge in [-0.2, -0.15) is 0 Å². The fourth-order valence-corrected chi connectivity index (χ4v) is 2.34. The Labute approximate surface area is 123 Å². The van der Waals surface area contributed by atoms with E-state index in [1.807, 2.05) is 29.1 Å². The third kappa shape index (κ3) is 3.95. The van der Waals surface area contributed by atoms with Crippen LogP contribution >= 0.6 is 11.3 Å². The van der Waals surface area contributed by atoms with E-state index in [1.165, 1.54) is 0 Å². The van der Waals surface area contributed by atoms with Crippen molar-refractivity contribution in [1.29, 1.82) is 0 Å². The Bertz CT molecular complexity index is 527. The van der Waals surface area contributed by atoms with Crippen LogP contribution in [0.5, 0.6) is 11.5 Å². The minimum Gasteiger partial charge on any atom is -0.493 e. The molecule has 0 radical (unpaired) electrons. The van der Waals surface area contributed by atoms with E-state index in [-0.39, 0.29) is 0 Å². The van der Waals surface area contributed by atoms with Crippen LogP contribution in [0.1, 0.15) is 25.1 Å². The van der Waals surface area contributed by atoms with E-state index in [2.05, 4.69) is 24.1 Å². The van der Waals surface area contributed by atoms with Crippen molar-refractivity contribution in [3.63, 3.8) is 0 Å². The number of ether oxygens (including phenoxy) is 2. The van der Waals surface area contributed by atoms with Crippen molar-refractivity contribution >= 4 is 11.3 Å². The lowest BCUT2D eigenvalue weighted by atomic mass is 10.1. The predicted molar refractivity (Wildman–Crippen MR) is 81.4 cm³/mol. The number of rotatable bonds is 7. The molecule has 0 aliphatic heterocycles. The van der Waals surface area contributed by atoms with Crippen LogP contribution in [0.3, 0.4) is 0 Å². The van der Waals surface area contributed by atoms with Crippen molar-refractivity contribution in [2.75, 3.05) is 7.11 Å². The first-order valence-corrected chi connectivity index (χ1v) is 7.54. The lowest BCUT2D eigenvalue weighted by Gasteiger charge is -2.16. The summed E-state index contributed by atoms with van der Waals surface area (Å²) in [4.78, 5) is 4.23. The molecule has 0 saturated carbocycles. The SMILES string of the molecule is COc1cccc(CNC(C)C)c1OCc1cscn1. The molecular formula is C15H20N2O2S. The molecule has 1 heterocycles. The molecule has 2 rings (SSSR count). The van der Waals surface area contributed by atoms with Gasteiger partial charge in [-0.3, -0.25) is 0 Å². The maximum atomic E-state index is 5.92. The van der Waals surface area contributed by atoms with Crippen molar-refractivity contribution in [3.8, 4) is 11.5 Å². The fraction of sp³-hybridized carbons (Fsp3) is 0.400. The van der Waals surface area contributed by atoms with Crippen LogP contribution < -0.4 is 14.8 Å². The van der Waals surface area contributed by atoms with E-state index in [9.17, 15) is 0 Å². The first kappa shape index (κ1) is 14.8. The molecule has 0 atom stereocenters. The van der Waals surface area contributed by atoms with Crippen molar-refractivity contribution in [2.45, 2.75) is 33.0 Å². The van der Waals surface area contributed by atoms with Crippen molar-refractivity contribution < 1.29 is 9.47 Å². The van der Waals surface area contributed by atoms with Crippen LogP contribution in [-0.4, -0.2) is 18.1 Å². The van der Waals surface area contributed by atoms with Gasteiger partial charge in [-0.25, -0.2) is 4.98 Å². The summed E-state index contributed by atoms with van der Waals surface area (Å²) in [6, 6.07) is 6.36. The Hall–Kier alpha value is -1.59. The molecule has 0 amide bonds. The summed E-state index contributed by atoms with van der Waals surface area (Å²) in [7, 11) is 1.66. The lowest BCUT2D eigenvalue weighted by Crippen LogP contribution is -2.22. The van der Waals surface area contributed by atoms with Gasteiger partial charge in [-0.15, -0.1) is 11.3 Å². The summed E-state index contributed by atoms with van der Waals surface area (Å²) in [6.45, 7) is 5.45. The van der Waals surface area contributed by atoms with Crippen molar-refractivity contribution in [2.24, 2.45) is 0 Å². The molecule has 1 aromatic carbocycles. The van der Waals surface area contributed by atoms with Gasteiger partial charge in [0.05, 0.1) is 18.3 Å². The molecule has 108 valence electrons. The van der Waals surface area contributed by atoms with E-state index >= 15 is 0 Å². The molecule has 20 heavy (non-hydrogen) atoms.